The minimum atomic E-state index is -0.0249. The fraction of sp³-hybridized carbons (Fsp3) is 0.214. The van der Waals surface area contributed by atoms with Crippen LogP contribution in [-0.4, -0.2) is 17.9 Å². The summed E-state index contributed by atoms with van der Waals surface area (Å²) >= 11 is 5.88. The highest BCUT2D eigenvalue weighted by Crippen LogP contribution is 2.12. The molecular formula is C14H16ClNO. The smallest absolute Gasteiger partial charge is 0.246 e. The van der Waals surface area contributed by atoms with E-state index in [1.165, 1.54) is 0 Å². The normalized spacial score (nSPS) is 11.2. The molecular weight excluding hydrogens is 234 g/mol. The summed E-state index contributed by atoms with van der Waals surface area (Å²) in [7, 11) is 1.77. The van der Waals surface area contributed by atoms with Gasteiger partial charge >= 0.3 is 0 Å². The van der Waals surface area contributed by atoms with Gasteiger partial charge in [0.1, 0.15) is 0 Å². The summed E-state index contributed by atoms with van der Waals surface area (Å²) in [5.74, 6) is -0.0249. The van der Waals surface area contributed by atoms with E-state index in [4.69, 9.17) is 11.6 Å². The number of allylic oxidation sites excluding steroid dienone is 3. The molecule has 3 heteroatoms. The first-order chi connectivity index (χ1) is 8.13. The van der Waals surface area contributed by atoms with Gasteiger partial charge in [-0.15, -0.1) is 0 Å². The second kappa shape index (κ2) is 6.92. The van der Waals surface area contributed by atoms with Crippen molar-refractivity contribution in [3.8, 4) is 0 Å². The van der Waals surface area contributed by atoms with E-state index in [0.717, 1.165) is 5.56 Å². The number of likely N-dealkylation sites (N-methyl/N-ethyl adjacent to an activating group) is 1. The molecule has 90 valence electrons. The van der Waals surface area contributed by atoms with Crippen LogP contribution in [-0.2, 0) is 11.3 Å². The Morgan fingerprint density at radius 3 is 2.82 bits per heavy atom. The van der Waals surface area contributed by atoms with E-state index in [9.17, 15) is 4.79 Å². The second-order valence-corrected chi connectivity index (χ2v) is 4.15. The molecule has 0 saturated carbocycles. The standard InChI is InChI=1S/C14H16ClNO/c1-3-4-5-9-14(17)16(2)11-12-7-6-8-13(15)10-12/h3-10H,11H2,1-2H3/b4-3+,9-5+. The molecule has 0 unspecified atom stereocenters. The largest absolute Gasteiger partial charge is 0.338 e. The topological polar surface area (TPSA) is 20.3 Å². The first-order valence-electron chi connectivity index (χ1n) is 5.42. The van der Waals surface area contributed by atoms with Gasteiger partial charge in [-0.25, -0.2) is 0 Å². The van der Waals surface area contributed by atoms with Gasteiger partial charge in [0.15, 0.2) is 0 Å². The van der Waals surface area contributed by atoms with Crippen LogP contribution >= 0.6 is 11.6 Å². The lowest BCUT2D eigenvalue weighted by molar-refractivity contribution is -0.125. The first kappa shape index (κ1) is 13.5. The Kier molecular flexibility index (Phi) is 5.50. The van der Waals surface area contributed by atoms with Gasteiger partial charge < -0.3 is 4.90 Å². The zero-order chi connectivity index (χ0) is 12.7. The molecule has 0 aliphatic carbocycles. The molecule has 0 radical (unpaired) electrons. The molecule has 0 aliphatic rings. The molecule has 1 aromatic carbocycles. The molecule has 0 atom stereocenters. The van der Waals surface area contributed by atoms with Gasteiger partial charge in [-0.1, -0.05) is 42.0 Å². The molecule has 17 heavy (non-hydrogen) atoms. The average Bonchev–Trinajstić information content (AvgIpc) is 2.29. The predicted molar refractivity (Wildman–Crippen MR) is 71.9 cm³/mol. The first-order valence-corrected chi connectivity index (χ1v) is 5.80. The SMILES string of the molecule is C/C=C/C=C/C(=O)N(C)Cc1cccc(Cl)c1. The Morgan fingerprint density at radius 1 is 1.41 bits per heavy atom. The van der Waals surface area contributed by atoms with Crippen molar-refractivity contribution >= 4 is 17.5 Å². The summed E-state index contributed by atoms with van der Waals surface area (Å²) in [4.78, 5) is 13.3. The van der Waals surface area contributed by atoms with Crippen LogP contribution in [0, 0.1) is 0 Å². The van der Waals surface area contributed by atoms with Crippen LogP contribution in [0.15, 0.2) is 48.6 Å². The predicted octanol–water partition coefficient (Wildman–Crippen LogP) is 3.43. The number of halogens is 1. The molecule has 1 rings (SSSR count). The summed E-state index contributed by atoms with van der Waals surface area (Å²) in [6.45, 7) is 2.46. The van der Waals surface area contributed by atoms with Crippen molar-refractivity contribution in [2.75, 3.05) is 7.05 Å². The third kappa shape index (κ3) is 4.87. The van der Waals surface area contributed by atoms with E-state index in [-0.39, 0.29) is 5.91 Å². The van der Waals surface area contributed by atoms with Gasteiger partial charge in [-0.05, 0) is 24.6 Å². The summed E-state index contributed by atoms with van der Waals surface area (Å²) in [5.41, 5.74) is 1.02. The molecule has 1 amide bonds. The summed E-state index contributed by atoms with van der Waals surface area (Å²) < 4.78 is 0. The second-order valence-electron chi connectivity index (χ2n) is 3.71. The van der Waals surface area contributed by atoms with Crippen LogP contribution in [0.25, 0.3) is 0 Å². The van der Waals surface area contributed by atoms with E-state index in [1.54, 1.807) is 24.1 Å². The molecule has 2 nitrogen and oxygen atoms in total. The maximum atomic E-state index is 11.7. The van der Waals surface area contributed by atoms with Crippen LogP contribution in [0.2, 0.25) is 5.02 Å². The number of hydrogen-bond acceptors (Lipinski definition) is 1. The van der Waals surface area contributed by atoms with Crippen molar-refractivity contribution in [1.82, 2.24) is 4.90 Å². The van der Waals surface area contributed by atoms with Crippen LogP contribution in [0.4, 0.5) is 0 Å². The lowest BCUT2D eigenvalue weighted by Crippen LogP contribution is -2.24. The highest BCUT2D eigenvalue weighted by atomic mass is 35.5. The Morgan fingerprint density at radius 2 is 2.18 bits per heavy atom. The van der Waals surface area contributed by atoms with Crippen molar-refractivity contribution in [3.05, 3.63) is 59.2 Å². The summed E-state index contributed by atoms with van der Waals surface area (Å²) in [6, 6.07) is 7.51. The zero-order valence-electron chi connectivity index (χ0n) is 10.1. The highest BCUT2D eigenvalue weighted by Gasteiger charge is 2.05. The number of hydrogen-bond donors (Lipinski definition) is 0. The van der Waals surface area contributed by atoms with Crippen molar-refractivity contribution in [3.63, 3.8) is 0 Å². The van der Waals surface area contributed by atoms with Crippen molar-refractivity contribution in [1.29, 1.82) is 0 Å². The number of amides is 1. The fourth-order valence-electron chi connectivity index (χ4n) is 1.36. The number of nitrogens with zero attached hydrogens (tertiary/aromatic N) is 1. The van der Waals surface area contributed by atoms with Gasteiger partial charge in [0, 0.05) is 24.7 Å². The molecule has 0 heterocycles. The maximum absolute atomic E-state index is 11.7. The van der Waals surface area contributed by atoms with E-state index in [2.05, 4.69) is 0 Å². The molecule has 0 aliphatic heterocycles. The Hall–Kier alpha value is -1.54. The van der Waals surface area contributed by atoms with E-state index < -0.39 is 0 Å². The van der Waals surface area contributed by atoms with Gasteiger partial charge in [-0.3, -0.25) is 4.79 Å². The Bertz CT molecular complexity index is 438. The van der Waals surface area contributed by atoms with Crippen LogP contribution in [0.3, 0.4) is 0 Å². The summed E-state index contributed by atoms with van der Waals surface area (Å²) in [5, 5.41) is 0.688. The Labute approximate surface area is 107 Å². The minimum absolute atomic E-state index is 0.0249. The summed E-state index contributed by atoms with van der Waals surface area (Å²) in [6.07, 6.45) is 6.98. The fourth-order valence-corrected chi connectivity index (χ4v) is 1.58. The van der Waals surface area contributed by atoms with Gasteiger partial charge in [0.2, 0.25) is 5.91 Å². The lowest BCUT2D eigenvalue weighted by atomic mass is 10.2. The van der Waals surface area contributed by atoms with Gasteiger partial charge in [0.25, 0.3) is 0 Å². The quantitative estimate of drug-likeness (QED) is 0.591. The number of rotatable bonds is 4. The maximum Gasteiger partial charge on any atom is 0.246 e. The third-order valence-electron chi connectivity index (χ3n) is 2.23. The van der Waals surface area contributed by atoms with E-state index in [0.29, 0.717) is 11.6 Å². The average molecular weight is 250 g/mol. The molecule has 0 bridgehead atoms. The van der Waals surface area contributed by atoms with E-state index in [1.807, 2.05) is 43.3 Å². The van der Waals surface area contributed by atoms with Crippen LogP contribution in [0.5, 0.6) is 0 Å². The molecule has 0 N–H and O–H groups in total. The van der Waals surface area contributed by atoms with Gasteiger partial charge in [-0.2, -0.15) is 0 Å². The minimum Gasteiger partial charge on any atom is -0.338 e. The number of carbonyl (C=O) groups excluding carboxylic acids is 1. The Balaban J connectivity index is 2.60. The van der Waals surface area contributed by atoms with Gasteiger partial charge in [0.05, 0.1) is 0 Å². The highest BCUT2D eigenvalue weighted by molar-refractivity contribution is 6.30. The number of benzene rings is 1. The molecule has 0 aromatic heterocycles. The third-order valence-corrected chi connectivity index (χ3v) is 2.46. The van der Waals surface area contributed by atoms with Crippen molar-refractivity contribution in [2.24, 2.45) is 0 Å². The van der Waals surface area contributed by atoms with Crippen LogP contribution in [0.1, 0.15) is 12.5 Å². The van der Waals surface area contributed by atoms with Crippen LogP contribution < -0.4 is 0 Å². The molecule has 1 aromatic rings. The zero-order valence-corrected chi connectivity index (χ0v) is 10.8. The van der Waals surface area contributed by atoms with Crippen molar-refractivity contribution < 1.29 is 4.79 Å². The monoisotopic (exact) mass is 249 g/mol. The van der Waals surface area contributed by atoms with E-state index >= 15 is 0 Å². The number of carbonyl (C=O) groups is 1. The molecule has 0 fully saturated rings. The molecule has 0 saturated heterocycles. The van der Waals surface area contributed by atoms with Crippen molar-refractivity contribution in [2.45, 2.75) is 13.5 Å². The lowest BCUT2D eigenvalue weighted by Gasteiger charge is -2.15. The molecule has 0 spiro atoms.